The van der Waals surface area contributed by atoms with Crippen molar-refractivity contribution in [2.75, 3.05) is 13.2 Å². The molecule has 0 amide bonds. The Hall–Kier alpha value is -3.71. The molecule has 236 valence electrons. The summed E-state index contributed by atoms with van der Waals surface area (Å²) in [4.78, 5) is 36.4. The molecule has 0 unspecified atom stereocenters. The number of aromatic nitrogens is 4. The fourth-order valence-electron chi connectivity index (χ4n) is 5.52. The molecular weight excluding hydrogens is 718 g/mol. The third kappa shape index (κ3) is 6.79. The monoisotopic (exact) mass is 746 g/mol. The van der Waals surface area contributed by atoms with E-state index >= 15 is 0 Å². The number of hydrogen-bond acceptors (Lipinski definition) is 7. The van der Waals surface area contributed by atoms with Gasteiger partial charge in [0.1, 0.15) is 0 Å². The summed E-state index contributed by atoms with van der Waals surface area (Å²) >= 11 is 6.79. The highest BCUT2D eigenvalue weighted by atomic mass is 79.9. The Morgan fingerprint density at radius 1 is 0.822 bits per heavy atom. The lowest BCUT2D eigenvalue weighted by Crippen LogP contribution is -2.24. The normalized spacial score (nSPS) is 14.9. The molecule has 2 aromatic heterocycles. The molecule has 2 aliphatic carbocycles. The van der Waals surface area contributed by atoms with E-state index in [1.165, 1.54) is 4.68 Å². The van der Waals surface area contributed by atoms with E-state index in [-0.39, 0.29) is 42.4 Å². The second kappa shape index (κ2) is 13.7. The molecule has 9 nitrogen and oxygen atoms in total. The Balaban J connectivity index is 0.000000178. The molecule has 2 aromatic carbocycles. The van der Waals surface area contributed by atoms with Crippen LogP contribution in [0.5, 0.6) is 0 Å². The largest absolute Gasteiger partial charge is 0.461 e. The highest BCUT2D eigenvalue weighted by molar-refractivity contribution is 9.10. The molecule has 4 aromatic rings. The molecule has 6 rings (SSSR count). The van der Waals surface area contributed by atoms with Crippen molar-refractivity contribution in [2.45, 2.75) is 58.3 Å². The van der Waals surface area contributed by atoms with Gasteiger partial charge < -0.3 is 9.47 Å². The second-order valence-corrected chi connectivity index (χ2v) is 12.2. The molecule has 2 aliphatic rings. The number of carbonyl (C=O) groups excluding carboxylic acids is 3. The first-order chi connectivity index (χ1) is 21.6. The van der Waals surface area contributed by atoms with Crippen LogP contribution < -0.4 is 0 Å². The van der Waals surface area contributed by atoms with Crippen molar-refractivity contribution in [1.82, 2.24) is 19.6 Å². The van der Waals surface area contributed by atoms with Gasteiger partial charge >= 0.3 is 11.9 Å². The summed E-state index contributed by atoms with van der Waals surface area (Å²) in [6.07, 6.45) is 2.46. The van der Waals surface area contributed by atoms with Crippen molar-refractivity contribution in [3.8, 4) is 11.4 Å². The van der Waals surface area contributed by atoms with Crippen molar-refractivity contribution in [3.05, 3.63) is 91.4 Å². The number of rotatable bonds is 6. The Morgan fingerprint density at radius 3 is 1.93 bits per heavy atom. The SMILES string of the molecule is CCOC(=O)c1nn(-c2cccc(Br)c2)c2c1C(=O)CCC2.CCOC(=O)c1nn(-c2cccc(Br)c2)c2c1C(F)(F)CCC2. The summed E-state index contributed by atoms with van der Waals surface area (Å²) in [6, 6.07) is 14.8. The molecule has 0 atom stereocenters. The van der Waals surface area contributed by atoms with Crippen LogP contribution in [0.4, 0.5) is 8.78 Å². The van der Waals surface area contributed by atoms with E-state index in [9.17, 15) is 23.2 Å². The molecule has 0 saturated carbocycles. The standard InChI is InChI=1S/C16H15BrF2N2O2.C16H15BrN2O3/c1-2-23-15(22)14-13-12(7-4-8-16(13,18)19)21(20-14)11-6-3-5-10(17)9-11;1-2-22-16(21)15-14-12(7-4-8-13(14)20)19(18-15)11-6-3-5-10(17)9-11/h3,5-6,9H,2,4,7-8H2,1H3;3,5-6,9H,2,4,7-8H2,1H3. The van der Waals surface area contributed by atoms with E-state index < -0.39 is 17.9 Å². The maximum atomic E-state index is 14.4. The van der Waals surface area contributed by atoms with Crippen LogP contribution in [0.1, 0.15) is 87.8 Å². The van der Waals surface area contributed by atoms with Gasteiger partial charge in [-0.05, 0) is 75.9 Å². The van der Waals surface area contributed by atoms with Gasteiger partial charge in [0.2, 0.25) is 0 Å². The Kier molecular flexibility index (Phi) is 9.97. The molecule has 13 heteroatoms. The van der Waals surface area contributed by atoms with Gasteiger partial charge in [0.15, 0.2) is 17.2 Å². The van der Waals surface area contributed by atoms with Gasteiger partial charge in [-0.15, -0.1) is 0 Å². The van der Waals surface area contributed by atoms with Crippen LogP contribution in [-0.2, 0) is 28.2 Å². The summed E-state index contributed by atoms with van der Waals surface area (Å²) in [5.74, 6) is -4.45. The van der Waals surface area contributed by atoms with Crippen molar-refractivity contribution < 1.29 is 32.6 Å². The zero-order chi connectivity index (χ0) is 32.3. The molecular formula is C32H30Br2F2N4O5. The number of halogens is 4. The molecule has 0 radical (unpaired) electrons. The first kappa shape index (κ1) is 32.7. The maximum absolute atomic E-state index is 14.4. The number of esters is 2. The van der Waals surface area contributed by atoms with E-state index in [4.69, 9.17) is 9.47 Å². The lowest BCUT2D eigenvalue weighted by molar-refractivity contribution is -0.0234. The van der Waals surface area contributed by atoms with E-state index in [2.05, 4.69) is 42.1 Å². The van der Waals surface area contributed by atoms with Gasteiger partial charge in [0.05, 0.1) is 47.1 Å². The minimum Gasteiger partial charge on any atom is -0.461 e. The van der Waals surface area contributed by atoms with Gasteiger partial charge in [-0.1, -0.05) is 44.0 Å². The quantitative estimate of drug-likeness (QED) is 0.188. The van der Waals surface area contributed by atoms with Crippen LogP contribution >= 0.6 is 31.9 Å². The lowest BCUT2D eigenvalue weighted by Gasteiger charge is -2.23. The van der Waals surface area contributed by atoms with Crippen LogP contribution in [0.2, 0.25) is 0 Å². The second-order valence-electron chi connectivity index (χ2n) is 10.4. The number of Topliss-reactive ketones (excluding diaryl/α,β-unsaturated/α-hetero) is 1. The summed E-state index contributed by atoms with van der Waals surface area (Å²) in [5.41, 5.74) is 2.58. The van der Waals surface area contributed by atoms with E-state index in [1.54, 1.807) is 36.7 Å². The van der Waals surface area contributed by atoms with Crippen LogP contribution in [0.15, 0.2) is 57.5 Å². The number of ketones is 1. The average Bonchev–Trinajstić information content (AvgIpc) is 3.59. The molecule has 0 N–H and O–H groups in total. The van der Waals surface area contributed by atoms with Gasteiger partial charge in [0, 0.05) is 21.8 Å². The van der Waals surface area contributed by atoms with Gasteiger partial charge in [-0.25, -0.2) is 27.7 Å². The number of nitrogens with zero attached hydrogens (tertiary/aromatic N) is 4. The fraction of sp³-hybridized carbons (Fsp3) is 0.344. The van der Waals surface area contributed by atoms with E-state index in [1.807, 2.05) is 30.3 Å². The number of hydrogen-bond donors (Lipinski definition) is 0. The highest BCUT2D eigenvalue weighted by Gasteiger charge is 2.44. The van der Waals surface area contributed by atoms with Gasteiger partial charge in [-0.3, -0.25) is 4.79 Å². The number of benzene rings is 2. The number of alkyl halides is 2. The topological polar surface area (TPSA) is 105 Å². The van der Waals surface area contributed by atoms with Crippen LogP contribution in [-0.4, -0.2) is 50.5 Å². The summed E-state index contributed by atoms with van der Waals surface area (Å²) in [5, 5.41) is 8.53. The van der Waals surface area contributed by atoms with Crippen LogP contribution in [0.25, 0.3) is 11.4 Å². The third-order valence-corrected chi connectivity index (χ3v) is 8.36. The van der Waals surface area contributed by atoms with Crippen LogP contribution in [0, 0.1) is 0 Å². The molecule has 0 aliphatic heterocycles. The van der Waals surface area contributed by atoms with E-state index in [0.717, 1.165) is 33.2 Å². The smallest absolute Gasteiger partial charge is 0.359 e. The summed E-state index contributed by atoms with van der Waals surface area (Å²) in [6.45, 7) is 3.74. The Labute approximate surface area is 275 Å². The molecule has 0 bridgehead atoms. The van der Waals surface area contributed by atoms with Crippen molar-refractivity contribution in [1.29, 1.82) is 0 Å². The zero-order valence-electron chi connectivity index (χ0n) is 24.6. The number of ether oxygens (including phenoxy) is 2. The van der Waals surface area contributed by atoms with Crippen molar-refractivity contribution >= 4 is 49.6 Å². The highest BCUT2D eigenvalue weighted by Crippen LogP contribution is 2.43. The van der Waals surface area contributed by atoms with Gasteiger partial charge in [-0.2, -0.15) is 10.2 Å². The Bertz CT molecular complexity index is 1770. The minimum absolute atomic E-state index is 0.0365. The molecule has 2 heterocycles. The minimum atomic E-state index is -3.07. The van der Waals surface area contributed by atoms with E-state index in [0.29, 0.717) is 36.2 Å². The predicted octanol–water partition coefficient (Wildman–Crippen LogP) is 7.57. The van der Waals surface area contributed by atoms with Crippen LogP contribution in [0.3, 0.4) is 0 Å². The average molecular weight is 748 g/mol. The fourth-order valence-corrected chi connectivity index (χ4v) is 6.29. The van der Waals surface area contributed by atoms with Gasteiger partial charge in [0.25, 0.3) is 5.92 Å². The predicted molar refractivity (Wildman–Crippen MR) is 169 cm³/mol. The zero-order valence-corrected chi connectivity index (χ0v) is 27.8. The maximum Gasteiger partial charge on any atom is 0.359 e. The first-order valence-electron chi connectivity index (χ1n) is 14.6. The number of fused-ring (bicyclic) bond motifs is 2. The molecule has 0 fully saturated rings. The number of carbonyl (C=O) groups is 3. The molecule has 45 heavy (non-hydrogen) atoms. The van der Waals surface area contributed by atoms with Crippen molar-refractivity contribution in [2.24, 2.45) is 0 Å². The van der Waals surface area contributed by atoms with Crippen molar-refractivity contribution in [3.63, 3.8) is 0 Å². The summed E-state index contributed by atoms with van der Waals surface area (Å²) < 4.78 is 43.6. The molecule has 0 spiro atoms. The lowest BCUT2D eigenvalue weighted by atomic mass is 9.92. The first-order valence-corrected chi connectivity index (χ1v) is 16.2. The summed E-state index contributed by atoms with van der Waals surface area (Å²) in [7, 11) is 0. The molecule has 0 saturated heterocycles. The third-order valence-electron chi connectivity index (χ3n) is 7.37. The Morgan fingerprint density at radius 2 is 1.36 bits per heavy atom.